The number of hydrogen-bond donors (Lipinski definition) is 0. The van der Waals surface area contributed by atoms with Crippen LogP contribution < -0.4 is 4.74 Å². The van der Waals surface area contributed by atoms with Gasteiger partial charge >= 0.3 is 0 Å². The van der Waals surface area contributed by atoms with Gasteiger partial charge in [0.2, 0.25) is 0 Å². The Kier molecular flexibility index (Phi) is 5.57. The highest BCUT2D eigenvalue weighted by atomic mass is 32.2. The van der Waals surface area contributed by atoms with Crippen LogP contribution in [0.3, 0.4) is 0 Å². The Morgan fingerprint density at radius 1 is 1.00 bits per heavy atom. The van der Waals surface area contributed by atoms with Crippen molar-refractivity contribution in [1.29, 1.82) is 0 Å². The minimum absolute atomic E-state index is 0.403. The number of benzene rings is 2. The number of hydrogen-bond acceptors (Lipinski definition) is 4. The minimum Gasteiger partial charge on any atom is -0.489 e. The van der Waals surface area contributed by atoms with Crippen molar-refractivity contribution in [2.45, 2.75) is 26.1 Å². The molecule has 0 amide bonds. The quantitative estimate of drug-likeness (QED) is 0.735. The Morgan fingerprint density at radius 2 is 1.68 bits per heavy atom. The van der Waals surface area contributed by atoms with Gasteiger partial charge in [-0.15, -0.1) is 0 Å². The van der Waals surface area contributed by atoms with E-state index in [9.17, 15) is 8.42 Å². The number of ether oxygens (including phenoxy) is 1. The van der Waals surface area contributed by atoms with Gasteiger partial charge in [0.1, 0.15) is 12.4 Å². The molecule has 0 saturated carbocycles. The average Bonchev–Trinajstić information content (AvgIpc) is 2.44. The SMILES string of the molecule is C[C@@H](Cc1cccc(OCc2ccccc2)c1)OS(C)(=O)=O. The van der Waals surface area contributed by atoms with E-state index in [1.807, 2.05) is 54.6 Å². The van der Waals surface area contributed by atoms with Crippen LogP contribution in [0.25, 0.3) is 0 Å². The summed E-state index contributed by atoms with van der Waals surface area (Å²) >= 11 is 0. The Bertz CT molecular complexity index is 696. The smallest absolute Gasteiger partial charge is 0.264 e. The van der Waals surface area contributed by atoms with Gasteiger partial charge in [-0.1, -0.05) is 42.5 Å². The lowest BCUT2D eigenvalue weighted by atomic mass is 10.1. The first-order chi connectivity index (χ1) is 10.4. The van der Waals surface area contributed by atoms with Gasteiger partial charge in [0.25, 0.3) is 10.1 Å². The lowest BCUT2D eigenvalue weighted by Crippen LogP contribution is -2.16. The maximum absolute atomic E-state index is 11.1. The van der Waals surface area contributed by atoms with Crippen molar-refractivity contribution in [2.75, 3.05) is 6.26 Å². The van der Waals surface area contributed by atoms with Crippen LogP contribution in [0, 0.1) is 0 Å². The van der Waals surface area contributed by atoms with E-state index in [4.69, 9.17) is 8.92 Å². The zero-order valence-electron chi connectivity index (χ0n) is 12.7. The van der Waals surface area contributed by atoms with E-state index in [-0.39, 0.29) is 0 Å². The largest absolute Gasteiger partial charge is 0.489 e. The predicted molar refractivity (Wildman–Crippen MR) is 86.3 cm³/mol. The maximum Gasteiger partial charge on any atom is 0.264 e. The molecule has 0 radical (unpaired) electrons. The molecule has 2 aromatic carbocycles. The van der Waals surface area contributed by atoms with Crippen LogP contribution in [0.4, 0.5) is 0 Å². The Morgan fingerprint density at radius 3 is 2.36 bits per heavy atom. The lowest BCUT2D eigenvalue weighted by Gasteiger charge is -2.12. The minimum atomic E-state index is -3.43. The zero-order valence-corrected chi connectivity index (χ0v) is 13.5. The lowest BCUT2D eigenvalue weighted by molar-refractivity contribution is 0.231. The topological polar surface area (TPSA) is 52.6 Å². The highest BCUT2D eigenvalue weighted by molar-refractivity contribution is 7.86. The van der Waals surface area contributed by atoms with Gasteiger partial charge in [-0.3, -0.25) is 4.18 Å². The monoisotopic (exact) mass is 320 g/mol. The Labute approximate surface area is 131 Å². The molecular formula is C17H20O4S. The summed E-state index contributed by atoms with van der Waals surface area (Å²) in [7, 11) is -3.43. The van der Waals surface area contributed by atoms with E-state index in [1.54, 1.807) is 6.92 Å². The summed E-state index contributed by atoms with van der Waals surface area (Å²) in [5.74, 6) is 0.757. The molecule has 0 unspecified atom stereocenters. The summed E-state index contributed by atoms with van der Waals surface area (Å²) in [6.45, 7) is 2.23. The molecule has 0 spiro atoms. The van der Waals surface area contributed by atoms with Gasteiger partial charge in [0.05, 0.1) is 12.4 Å². The molecule has 2 aromatic rings. The molecule has 0 aliphatic carbocycles. The van der Waals surface area contributed by atoms with Crippen LogP contribution in [0.1, 0.15) is 18.1 Å². The van der Waals surface area contributed by atoms with Gasteiger partial charge in [0, 0.05) is 0 Å². The van der Waals surface area contributed by atoms with E-state index in [2.05, 4.69) is 0 Å². The van der Waals surface area contributed by atoms with Crippen molar-refractivity contribution in [3.05, 3.63) is 65.7 Å². The molecule has 0 N–H and O–H groups in total. The molecule has 0 fully saturated rings. The van der Waals surface area contributed by atoms with Crippen molar-refractivity contribution in [1.82, 2.24) is 0 Å². The first-order valence-corrected chi connectivity index (χ1v) is 8.88. The summed E-state index contributed by atoms with van der Waals surface area (Å²) in [5, 5.41) is 0. The first-order valence-electron chi connectivity index (χ1n) is 7.06. The summed E-state index contributed by atoms with van der Waals surface area (Å²) in [6, 6.07) is 17.5. The van der Waals surface area contributed by atoms with Crippen LogP contribution in [0.15, 0.2) is 54.6 Å². The van der Waals surface area contributed by atoms with E-state index in [0.29, 0.717) is 13.0 Å². The van der Waals surface area contributed by atoms with E-state index in [0.717, 1.165) is 23.1 Å². The fourth-order valence-corrected chi connectivity index (χ4v) is 2.83. The molecule has 2 rings (SSSR count). The van der Waals surface area contributed by atoms with Crippen LogP contribution in [0.5, 0.6) is 5.75 Å². The van der Waals surface area contributed by atoms with E-state index in [1.165, 1.54) is 0 Å². The molecule has 1 atom stereocenters. The fraction of sp³-hybridized carbons (Fsp3) is 0.294. The third-order valence-electron chi connectivity index (χ3n) is 3.01. The van der Waals surface area contributed by atoms with Gasteiger partial charge in [-0.05, 0) is 36.6 Å². The van der Waals surface area contributed by atoms with Crippen LogP contribution >= 0.6 is 0 Å². The zero-order chi connectivity index (χ0) is 16.0. The number of rotatable bonds is 7. The summed E-state index contributed by atoms with van der Waals surface area (Å²) in [5.41, 5.74) is 2.07. The van der Waals surface area contributed by atoms with Crippen molar-refractivity contribution >= 4 is 10.1 Å². The second-order valence-corrected chi connectivity index (χ2v) is 6.84. The van der Waals surface area contributed by atoms with Crippen molar-refractivity contribution in [3.8, 4) is 5.75 Å². The molecule has 22 heavy (non-hydrogen) atoms. The molecule has 5 heteroatoms. The Hall–Kier alpha value is -1.85. The van der Waals surface area contributed by atoms with Crippen LogP contribution in [-0.4, -0.2) is 20.8 Å². The molecular weight excluding hydrogens is 300 g/mol. The van der Waals surface area contributed by atoms with Crippen molar-refractivity contribution in [2.24, 2.45) is 0 Å². The second kappa shape index (κ2) is 7.42. The molecule has 0 aliphatic heterocycles. The highest BCUT2D eigenvalue weighted by Gasteiger charge is 2.11. The van der Waals surface area contributed by atoms with Gasteiger partial charge < -0.3 is 4.74 Å². The summed E-state index contributed by atoms with van der Waals surface area (Å²) < 4.78 is 32.9. The first kappa shape index (κ1) is 16.5. The Balaban J connectivity index is 1.95. The van der Waals surface area contributed by atoms with Gasteiger partial charge in [-0.25, -0.2) is 0 Å². The second-order valence-electron chi connectivity index (χ2n) is 5.24. The van der Waals surface area contributed by atoms with Crippen molar-refractivity contribution < 1.29 is 17.3 Å². The van der Waals surface area contributed by atoms with Crippen molar-refractivity contribution in [3.63, 3.8) is 0 Å². The average molecular weight is 320 g/mol. The van der Waals surface area contributed by atoms with E-state index >= 15 is 0 Å². The normalized spacial score (nSPS) is 12.8. The van der Waals surface area contributed by atoms with Gasteiger partial charge in [-0.2, -0.15) is 8.42 Å². The fourth-order valence-electron chi connectivity index (χ4n) is 2.17. The van der Waals surface area contributed by atoms with Crippen LogP contribution in [-0.2, 0) is 27.3 Å². The standard InChI is InChI=1S/C17H20O4S/c1-14(21-22(2,18)19)11-16-9-6-10-17(12-16)20-13-15-7-4-3-5-8-15/h3-10,12,14H,11,13H2,1-2H3/t14-/m0/s1. The molecule has 118 valence electrons. The van der Waals surface area contributed by atoms with Gasteiger partial charge in [0.15, 0.2) is 0 Å². The summed E-state index contributed by atoms with van der Waals surface area (Å²) in [4.78, 5) is 0. The highest BCUT2D eigenvalue weighted by Crippen LogP contribution is 2.17. The third-order valence-corrected chi connectivity index (χ3v) is 3.69. The molecule has 0 aromatic heterocycles. The van der Waals surface area contributed by atoms with Crippen LogP contribution in [0.2, 0.25) is 0 Å². The molecule has 0 heterocycles. The molecule has 0 bridgehead atoms. The van der Waals surface area contributed by atoms with E-state index < -0.39 is 16.2 Å². The molecule has 4 nitrogen and oxygen atoms in total. The maximum atomic E-state index is 11.1. The third kappa shape index (κ3) is 5.87. The molecule has 0 saturated heterocycles. The summed E-state index contributed by atoms with van der Waals surface area (Å²) in [6.07, 6.45) is 1.16. The predicted octanol–water partition coefficient (Wildman–Crippen LogP) is 3.17. The molecule has 0 aliphatic rings.